The summed E-state index contributed by atoms with van der Waals surface area (Å²) in [7, 11) is 1.84. The summed E-state index contributed by atoms with van der Waals surface area (Å²) in [6.07, 6.45) is 2.02. The molecule has 1 aromatic carbocycles. The van der Waals surface area contributed by atoms with Crippen molar-refractivity contribution < 1.29 is 15.0 Å². The molecule has 1 heterocycles. The van der Waals surface area contributed by atoms with Crippen molar-refractivity contribution in [3.63, 3.8) is 0 Å². The summed E-state index contributed by atoms with van der Waals surface area (Å²) in [5, 5.41) is 18.5. The van der Waals surface area contributed by atoms with Gasteiger partial charge in [-0.3, -0.25) is 0 Å². The van der Waals surface area contributed by atoms with Crippen LogP contribution < -0.4 is 4.90 Å². The summed E-state index contributed by atoms with van der Waals surface area (Å²) in [5.74, 6) is -0.366. The quantitative estimate of drug-likeness (QED) is 0.847. The summed E-state index contributed by atoms with van der Waals surface area (Å²) in [4.78, 5) is 16.8. The number of hydrogen-bond acceptors (Lipinski definition) is 4. The first kappa shape index (κ1) is 15.0. The van der Waals surface area contributed by atoms with Gasteiger partial charge in [0.2, 0.25) is 0 Å². The van der Waals surface area contributed by atoms with E-state index in [9.17, 15) is 9.90 Å². The number of likely N-dealkylation sites (N-methyl/N-ethyl adjacent to an activating group) is 1. The second-order valence-electron chi connectivity index (χ2n) is 4.85. The molecular formula is C16H18N2O3. The minimum Gasteiger partial charge on any atom is -0.478 e. The van der Waals surface area contributed by atoms with Crippen molar-refractivity contribution in [3.05, 3.63) is 59.8 Å². The smallest absolute Gasteiger partial charge is 0.337 e. The zero-order valence-electron chi connectivity index (χ0n) is 11.8. The van der Waals surface area contributed by atoms with Gasteiger partial charge in [0.25, 0.3) is 0 Å². The van der Waals surface area contributed by atoms with Gasteiger partial charge in [0, 0.05) is 13.2 Å². The number of aliphatic hydroxyl groups excluding tert-OH is 1. The maximum absolute atomic E-state index is 10.8. The van der Waals surface area contributed by atoms with E-state index < -0.39 is 5.97 Å². The van der Waals surface area contributed by atoms with Crippen LogP contribution in [0.5, 0.6) is 0 Å². The van der Waals surface area contributed by atoms with E-state index in [1.54, 1.807) is 6.07 Å². The van der Waals surface area contributed by atoms with Gasteiger partial charge in [-0.25, -0.2) is 9.78 Å². The number of aromatic carboxylic acids is 1. The summed E-state index contributed by atoms with van der Waals surface area (Å²) in [5.41, 5.74) is 1.28. The molecule has 0 amide bonds. The van der Waals surface area contributed by atoms with Crippen LogP contribution in [-0.2, 0) is 6.42 Å². The second-order valence-corrected chi connectivity index (χ2v) is 4.85. The molecule has 0 aliphatic carbocycles. The summed E-state index contributed by atoms with van der Waals surface area (Å²) >= 11 is 0. The highest BCUT2D eigenvalue weighted by Crippen LogP contribution is 2.15. The standard InChI is InChI=1S/C16H18N2O3/c1-18(15-8-7-13(10-17-15)16(20)21)14(11-19)9-12-5-3-2-4-6-12/h2-8,10,14,19H,9,11H2,1H3,(H,20,21). The monoisotopic (exact) mass is 286 g/mol. The SMILES string of the molecule is CN(c1ccc(C(=O)O)cn1)C(CO)Cc1ccccc1. The molecule has 2 N–H and O–H groups in total. The van der Waals surface area contributed by atoms with Gasteiger partial charge in [-0.1, -0.05) is 30.3 Å². The molecule has 0 aliphatic heterocycles. The number of hydrogen-bond donors (Lipinski definition) is 2. The maximum Gasteiger partial charge on any atom is 0.337 e. The Bertz CT molecular complexity index is 584. The molecule has 110 valence electrons. The third kappa shape index (κ3) is 3.79. The molecule has 0 fully saturated rings. The van der Waals surface area contributed by atoms with Gasteiger partial charge in [-0.15, -0.1) is 0 Å². The van der Waals surface area contributed by atoms with Crippen molar-refractivity contribution in [2.24, 2.45) is 0 Å². The molecule has 0 saturated carbocycles. The van der Waals surface area contributed by atoms with Crippen LogP contribution in [0.2, 0.25) is 0 Å². The zero-order valence-corrected chi connectivity index (χ0v) is 11.8. The van der Waals surface area contributed by atoms with Gasteiger partial charge in [0.15, 0.2) is 0 Å². The number of carboxylic acid groups (broad SMARTS) is 1. The Labute approximate surface area is 123 Å². The van der Waals surface area contributed by atoms with E-state index in [0.717, 1.165) is 5.56 Å². The van der Waals surface area contributed by atoms with Crippen LogP contribution >= 0.6 is 0 Å². The molecule has 0 aliphatic rings. The largest absolute Gasteiger partial charge is 0.478 e. The highest BCUT2D eigenvalue weighted by Gasteiger charge is 2.16. The van der Waals surface area contributed by atoms with Crippen LogP contribution in [0.15, 0.2) is 48.7 Å². The number of carboxylic acids is 1. The zero-order chi connectivity index (χ0) is 15.2. The van der Waals surface area contributed by atoms with E-state index in [1.807, 2.05) is 42.3 Å². The van der Waals surface area contributed by atoms with E-state index in [2.05, 4.69) is 4.98 Å². The Morgan fingerprint density at radius 1 is 1.24 bits per heavy atom. The molecule has 2 rings (SSSR count). The van der Waals surface area contributed by atoms with Crippen LogP contribution in [0.4, 0.5) is 5.82 Å². The lowest BCUT2D eigenvalue weighted by molar-refractivity contribution is 0.0696. The van der Waals surface area contributed by atoms with Crippen molar-refractivity contribution in [1.29, 1.82) is 0 Å². The number of aliphatic hydroxyl groups is 1. The summed E-state index contributed by atoms with van der Waals surface area (Å²) < 4.78 is 0. The number of benzene rings is 1. The predicted molar refractivity (Wildman–Crippen MR) is 80.6 cm³/mol. The second kappa shape index (κ2) is 6.85. The molecular weight excluding hydrogens is 268 g/mol. The first-order chi connectivity index (χ1) is 10.1. The van der Waals surface area contributed by atoms with E-state index in [0.29, 0.717) is 12.2 Å². The number of carbonyl (C=O) groups is 1. The Morgan fingerprint density at radius 2 is 1.95 bits per heavy atom. The molecule has 0 radical (unpaired) electrons. The fourth-order valence-corrected chi connectivity index (χ4v) is 2.12. The molecule has 1 aromatic heterocycles. The van der Waals surface area contributed by atoms with Gasteiger partial charge in [0.05, 0.1) is 18.2 Å². The highest BCUT2D eigenvalue weighted by molar-refractivity contribution is 5.87. The molecule has 1 unspecified atom stereocenters. The minimum atomic E-state index is -1.00. The number of anilines is 1. The van der Waals surface area contributed by atoms with Gasteiger partial charge >= 0.3 is 5.97 Å². The number of aromatic nitrogens is 1. The number of pyridine rings is 1. The van der Waals surface area contributed by atoms with Gasteiger partial charge in [0.1, 0.15) is 5.82 Å². The maximum atomic E-state index is 10.8. The predicted octanol–water partition coefficient (Wildman–Crippen LogP) is 1.82. The summed E-state index contributed by atoms with van der Waals surface area (Å²) in [6, 6.07) is 12.9. The Morgan fingerprint density at radius 3 is 2.48 bits per heavy atom. The van der Waals surface area contributed by atoms with Gasteiger partial charge in [-0.2, -0.15) is 0 Å². The van der Waals surface area contributed by atoms with Crippen molar-refractivity contribution in [1.82, 2.24) is 4.98 Å². The number of rotatable bonds is 6. The Hall–Kier alpha value is -2.40. The molecule has 0 saturated heterocycles. The third-order valence-corrected chi connectivity index (χ3v) is 3.43. The van der Waals surface area contributed by atoms with Crippen LogP contribution in [0.1, 0.15) is 15.9 Å². The molecule has 5 heteroatoms. The normalized spacial score (nSPS) is 11.9. The van der Waals surface area contributed by atoms with E-state index in [4.69, 9.17) is 5.11 Å². The fourth-order valence-electron chi connectivity index (χ4n) is 2.12. The molecule has 1 atom stereocenters. The van der Waals surface area contributed by atoms with E-state index in [-0.39, 0.29) is 18.2 Å². The van der Waals surface area contributed by atoms with Crippen molar-refractivity contribution in [2.45, 2.75) is 12.5 Å². The molecule has 2 aromatic rings. The Kier molecular flexibility index (Phi) is 4.90. The third-order valence-electron chi connectivity index (χ3n) is 3.43. The lowest BCUT2D eigenvalue weighted by Crippen LogP contribution is -2.37. The van der Waals surface area contributed by atoms with E-state index in [1.165, 1.54) is 12.3 Å². The van der Waals surface area contributed by atoms with Crippen molar-refractivity contribution >= 4 is 11.8 Å². The topological polar surface area (TPSA) is 73.7 Å². The molecule has 0 spiro atoms. The van der Waals surface area contributed by atoms with Crippen LogP contribution in [0.25, 0.3) is 0 Å². The molecule has 0 bridgehead atoms. The first-order valence-electron chi connectivity index (χ1n) is 6.68. The molecule has 5 nitrogen and oxygen atoms in total. The Balaban J connectivity index is 2.12. The average Bonchev–Trinajstić information content (AvgIpc) is 2.53. The molecule has 21 heavy (non-hydrogen) atoms. The first-order valence-corrected chi connectivity index (χ1v) is 6.68. The average molecular weight is 286 g/mol. The van der Waals surface area contributed by atoms with Crippen molar-refractivity contribution in [2.75, 3.05) is 18.6 Å². The van der Waals surface area contributed by atoms with Crippen LogP contribution in [-0.4, -0.2) is 40.9 Å². The lowest BCUT2D eigenvalue weighted by atomic mass is 10.1. The fraction of sp³-hybridized carbons (Fsp3) is 0.250. The lowest BCUT2D eigenvalue weighted by Gasteiger charge is -2.27. The minimum absolute atomic E-state index is 0.00619. The van der Waals surface area contributed by atoms with Gasteiger partial charge < -0.3 is 15.1 Å². The highest BCUT2D eigenvalue weighted by atomic mass is 16.4. The number of nitrogens with zero attached hydrogens (tertiary/aromatic N) is 2. The van der Waals surface area contributed by atoms with Gasteiger partial charge in [-0.05, 0) is 24.1 Å². The van der Waals surface area contributed by atoms with Crippen molar-refractivity contribution in [3.8, 4) is 0 Å². The van der Waals surface area contributed by atoms with Crippen LogP contribution in [0.3, 0.4) is 0 Å². The summed E-state index contributed by atoms with van der Waals surface area (Å²) in [6.45, 7) is -0.00619. The van der Waals surface area contributed by atoms with E-state index >= 15 is 0 Å². The van der Waals surface area contributed by atoms with Crippen LogP contribution in [0, 0.1) is 0 Å².